The number of carboxylic acids is 1. The first kappa shape index (κ1) is 22.8. The number of hydrogen-bond donors (Lipinski definition) is 2. The maximum Gasteiger partial charge on any atom is 0.408 e. The topological polar surface area (TPSA) is 145 Å². The molecule has 2 aliphatic heterocycles. The van der Waals surface area contributed by atoms with Gasteiger partial charge in [-0.05, 0) is 18.6 Å². The van der Waals surface area contributed by atoms with Crippen molar-refractivity contribution in [3.8, 4) is 0 Å². The number of carboxylic acid groups (broad SMARTS) is 2. The summed E-state index contributed by atoms with van der Waals surface area (Å²) in [5.41, 5.74) is 1.00. The third kappa shape index (κ3) is 5.44. The molecule has 0 aromatic heterocycles. The van der Waals surface area contributed by atoms with Crippen molar-refractivity contribution in [3.63, 3.8) is 0 Å². The van der Waals surface area contributed by atoms with Crippen LogP contribution in [0.2, 0.25) is 0 Å². The molecule has 11 nitrogen and oxygen atoms in total. The molecule has 3 atom stereocenters. The van der Waals surface area contributed by atoms with Crippen LogP contribution in [0.3, 0.4) is 0 Å². The summed E-state index contributed by atoms with van der Waals surface area (Å²) in [4.78, 5) is 41.1. The Morgan fingerprint density at radius 1 is 1.03 bits per heavy atom. The highest BCUT2D eigenvalue weighted by Gasteiger charge is 2.49. The quantitative estimate of drug-likeness (QED) is 0.592. The minimum Gasteiger partial charge on any atom is -0.481 e. The number of likely N-dealkylation sites (tertiary alicyclic amines) is 1. The number of hydrogen-bond acceptors (Lipinski definition) is 7. The zero-order chi connectivity index (χ0) is 22.8. The maximum atomic E-state index is 13.2. The number of carbonyl (C=O) groups excluding carboxylic acids is 1. The summed E-state index contributed by atoms with van der Waals surface area (Å²) in [6.45, 7) is 1.26. The van der Waals surface area contributed by atoms with Crippen molar-refractivity contribution in [1.82, 2.24) is 9.80 Å². The molecule has 1 aromatic carbocycles. The van der Waals surface area contributed by atoms with Crippen LogP contribution in [0, 0.1) is 5.92 Å². The summed E-state index contributed by atoms with van der Waals surface area (Å²) in [7, 11) is -3.93. The summed E-state index contributed by atoms with van der Waals surface area (Å²) in [6, 6.07) is 8.18. The van der Waals surface area contributed by atoms with Gasteiger partial charge in [0.25, 0.3) is 10.1 Å². The van der Waals surface area contributed by atoms with Gasteiger partial charge in [-0.25, -0.2) is 4.79 Å². The normalized spacial score (nSPS) is 24.7. The van der Waals surface area contributed by atoms with Crippen LogP contribution in [0.5, 0.6) is 0 Å². The third-order valence-electron chi connectivity index (χ3n) is 5.47. The average Bonchev–Trinajstić information content (AvgIpc) is 2.72. The lowest BCUT2D eigenvalue weighted by Gasteiger charge is -2.43. The Hall–Kier alpha value is -2.86. The second-order valence-corrected chi connectivity index (χ2v) is 9.23. The molecule has 1 aromatic rings. The predicted molar refractivity (Wildman–Crippen MR) is 109 cm³/mol. The monoisotopic (exact) mass is 455 g/mol. The van der Waals surface area contributed by atoms with Gasteiger partial charge in [0.05, 0.1) is 24.8 Å². The number of anilines is 1. The van der Waals surface area contributed by atoms with Gasteiger partial charge in [-0.3, -0.25) is 18.7 Å². The highest BCUT2D eigenvalue weighted by atomic mass is 32.2. The van der Waals surface area contributed by atoms with Crippen molar-refractivity contribution in [2.75, 3.05) is 43.9 Å². The fourth-order valence-corrected chi connectivity index (χ4v) is 4.74. The summed E-state index contributed by atoms with van der Waals surface area (Å²) in [6.07, 6.45) is -2.16. The summed E-state index contributed by atoms with van der Waals surface area (Å²) < 4.78 is 27.7. The summed E-state index contributed by atoms with van der Waals surface area (Å²) in [5.74, 6) is -3.40. The second-order valence-electron chi connectivity index (χ2n) is 7.63. The number of rotatable bonds is 5. The molecule has 0 radical (unpaired) electrons. The van der Waals surface area contributed by atoms with Crippen molar-refractivity contribution in [1.29, 1.82) is 0 Å². The van der Waals surface area contributed by atoms with E-state index in [2.05, 4.69) is 4.90 Å². The van der Waals surface area contributed by atoms with Gasteiger partial charge in [0.15, 0.2) is 0 Å². The van der Waals surface area contributed by atoms with Crippen molar-refractivity contribution in [2.45, 2.75) is 18.6 Å². The van der Waals surface area contributed by atoms with Gasteiger partial charge in [-0.1, -0.05) is 18.2 Å². The lowest BCUT2D eigenvalue weighted by atomic mass is 9.86. The van der Waals surface area contributed by atoms with E-state index in [0.29, 0.717) is 31.1 Å². The van der Waals surface area contributed by atoms with Crippen LogP contribution < -0.4 is 4.90 Å². The molecule has 0 unspecified atom stereocenters. The Morgan fingerprint density at radius 2 is 1.65 bits per heavy atom. The van der Waals surface area contributed by atoms with Gasteiger partial charge in [0.1, 0.15) is 6.04 Å². The number of benzene rings is 1. The van der Waals surface area contributed by atoms with Crippen molar-refractivity contribution >= 4 is 33.8 Å². The molecule has 2 amide bonds. The fourth-order valence-electron chi connectivity index (χ4n) is 4.10. The van der Waals surface area contributed by atoms with Gasteiger partial charge < -0.3 is 20.0 Å². The molecule has 2 saturated heterocycles. The van der Waals surface area contributed by atoms with Crippen LogP contribution >= 0.6 is 0 Å². The minimum absolute atomic E-state index is 0.285. The van der Waals surface area contributed by atoms with E-state index in [1.54, 1.807) is 0 Å². The molecule has 2 aliphatic rings. The van der Waals surface area contributed by atoms with Crippen LogP contribution in [0.25, 0.3) is 0 Å². The number of para-hydroxylation sites is 1. The minimum atomic E-state index is -3.93. The van der Waals surface area contributed by atoms with Gasteiger partial charge >= 0.3 is 12.1 Å². The van der Waals surface area contributed by atoms with E-state index in [1.165, 1.54) is 4.90 Å². The second kappa shape index (κ2) is 9.10. The first-order chi connectivity index (χ1) is 14.6. The number of piperazine rings is 1. The van der Waals surface area contributed by atoms with Gasteiger partial charge in [-0.2, -0.15) is 8.42 Å². The fraction of sp³-hybridized carbons (Fsp3) is 0.526. The molecule has 0 spiro atoms. The summed E-state index contributed by atoms with van der Waals surface area (Å²) in [5, 5.41) is 19.3. The van der Waals surface area contributed by atoms with Gasteiger partial charge in [0.2, 0.25) is 5.91 Å². The number of carbonyl (C=O) groups is 3. The van der Waals surface area contributed by atoms with E-state index in [9.17, 15) is 33.0 Å². The Labute approximate surface area is 179 Å². The Kier molecular flexibility index (Phi) is 6.70. The molecule has 12 heteroatoms. The lowest BCUT2D eigenvalue weighted by molar-refractivity contribution is -0.156. The third-order valence-corrected chi connectivity index (χ3v) is 6.10. The lowest BCUT2D eigenvalue weighted by Crippen LogP contribution is -2.63. The molecule has 2 N–H and O–H groups in total. The van der Waals surface area contributed by atoms with Gasteiger partial charge in [0, 0.05) is 31.9 Å². The molecule has 3 rings (SSSR count). The Morgan fingerprint density at radius 3 is 2.16 bits per heavy atom. The molecule has 0 aliphatic carbocycles. The van der Waals surface area contributed by atoms with Crippen LogP contribution in [0.4, 0.5) is 10.5 Å². The number of aliphatic carboxylic acids is 1. The average molecular weight is 455 g/mol. The zero-order valence-corrected chi connectivity index (χ0v) is 17.8. The van der Waals surface area contributed by atoms with Crippen LogP contribution in [-0.2, 0) is 23.9 Å². The molecule has 170 valence electrons. The Bertz CT molecular complexity index is 907. The van der Waals surface area contributed by atoms with Crippen LogP contribution in [-0.4, -0.2) is 97.5 Å². The number of piperidine rings is 1. The zero-order valence-electron chi connectivity index (χ0n) is 17.0. The smallest absolute Gasteiger partial charge is 0.408 e. The molecular formula is C19H25N3O8S. The first-order valence-corrected chi connectivity index (χ1v) is 11.6. The van der Waals surface area contributed by atoms with E-state index < -0.39 is 52.7 Å². The van der Waals surface area contributed by atoms with E-state index in [1.807, 2.05) is 30.3 Å². The highest BCUT2D eigenvalue weighted by molar-refractivity contribution is 7.86. The van der Waals surface area contributed by atoms with Crippen molar-refractivity contribution in [3.05, 3.63) is 30.3 Å². The van der Waals surface area contributed by atoms with E-state index in [4.69, 9.17) is 4.18 Å². The molecule has 31 heavy (non-hydrogen) atoms. The molecule has 2 heterocycles. The maximum absolute atomic E-state index is 13.2. The predicted octanol–water partition coefficient (Wildman–Crippen LogP) is 0.133. The van der Waals surface area contributed by atoms with E-state index in [0.717, 1.165) is 11.9 Å². The molecular weight excluding hydrogens is 430 g/mol. The first-order valence-electron chi connectivity index (χ1n) is 9.76. The number of nitrogens with zero attached hydrogens (tertiary/aromatic N) is 3. The molecule has 0 bridgehead atoms. The van der Waals surface area contributed by atoms with Crippen molar-refractivity contribution in [2.24, 2.45) is 5.92 Å². The van der Waals surface area contributed by atoms with Crippen LogP contribution in [0.1, 0.15) is 6.42 Å². The number of amides is 2. The largest absolute Gasteiger partial charge is 0.481 e. The molecule has 0 saturated carbocycles. The van der Waals surface area contributed by atoms with E-state index in [-0.39, 0.29) is 6.42 Å². The Balaban J connectivity index is 1.76. The van der Waals surface area contributed by atoms with E-state index >= 15 is 0 Å². The molecule has 2 fully saturated rings. The standard InChI is InChI=1S/C19H25N3O8S/c1-31(28,29)30-14-11-15(18(24)25)16(22(12-14)19(26)27)17(23)21-9-7-20(8-10-21)13-5-3-2-4-6-13/h2-6,14-16H,7-12H2,1H3,(H,24,25)(H,26,27)/t14-,15+,16+/m1/s1. The van der Waals surface area contributed by atoms with Crippen LogP contribution in [0.15, 0.2) is 30.3 Å². The van der Waals surface area contributed by atoms with Crippen molar-refractivity contribution < 1.29 is 37.2 Å². The SMILES string of the molecule is CS(=O)(=O)O[C@@H]1C[C@H](C(=O)O)[C@@H](C(=O)N2CCN(c3ccccc3)CC2)N(C(=O)O)C1. The highest BCUT2D eigenvalue weighted by Crippen LogP contribution is 2.29. The van der Waals surface area contributed by atoms with Gasteiger partial charge in [-0.15, -0.1) is 0 Å². The summed E-state index contributed by atoms with van der Waals surface area (Å²) >= 11 is 0.